The van der Waals surface area contributed by atoms with Crippen LogP contribution >= 0.6 is 0 Å². The average Bonchev–Trinajstić information content (AvgIpc) is 3.20. The maximum Gasteiger partial charge on any atom is 0.187 e. The maximum atomic E-state index is 11.5. The van der Waals surface area contributed by atoms with E-state index in [1.54, 1.807) is 0 Å². The normalized spacial score (nSPS) is 52.5. The van der Waals surface area contributed by atoms with Crippen LogP contribution in [0.25, 0.3) is 0 Å². The Bertz CT molecular complexity index is 1220. The van der Waals surface area contributed by atoms with Crippen LogP contribution in [0, 0.1) is 0 Å². The lowest BCUT2D eigenvalue weighted by atomic mass is 9.96. The van der Waals surface area contributed by atoms with Crippen molar-refractivity contribution < 1.29 is 129 Å². The molecule has 0 amide bonds. The lowest BCUT2D eigenvalue weighted by molar-refractivity contribution is -0.392. The van der Waals surface area contributed by atoms with E-state index in [0.29, 0.717) is 0 Å². The summed E-state index contributed by atoms with van der Waals surface area (Å²) in [6.07, 6.45) is -45.0. The van der Waals surface area contributed by atoms with Gasteiger partial charge in [0.05, 0.1) is 33.0 Å². The zero-order chi connectivity index (χ0) is 42.0. The third-order valence-corrected chi connectivity index (χ3v) is 10.5. The first-order chi connectivity index (χ1) is 27.0. The van der Waals surface area contributed by atoms with Gasteiger partial charge in [-0.15, -0.1) is 0 Å². The van der Waals surface area contributed by atoms with E-state index in [9.17, 15) is 81.7 Å². The highest BCUT2D eigenvalue weighted by Gasteiger charge is 2.55. The molecule has 0 unspecified atom stereocenters. The van der Waals surface area contributed by atoms with Gasteiger partial charge < -0.3 is 129 Å². The van der Waals surface area contributed by atoms with E-state index < -0.39 is 187 Å². The number of rotatable bonds is 14. The molecule has 5 heterocycles. The summed E-state index contributed by atoms with van der Waals surface area (Å²) in [4.78, 5) is 0. The van der Waals surface area contributed by atoms with Gasteiger partial charge in [0.1, 0.15) is 122 Å². The van der Waals surface area contributed by atoms with Crippen LogP contribution < -0.4 is 0 Å². The highest BCUT2D eigenvalue weighted by atomic mass is 16.8. The van der Waals surface area contributed by atoms with Crippen LogP contribution in [0.2, 0.25) is 0 Å². The summed E-state index contributed by atoms with van der Waals surface area (Å²) in [5, 5.41) is 166. The number of hydrogen-bond acceptors (Lipinski definition) is 26. The fourth-order valence-electron chi connectivity index (χ4n) is 7.06. The molecule has 26 nitrogen and oxygen atoms in total. The van der Waals surface area contributed by atoms with Crippen LogP contribution in [0.5, 0.6) is 0 Å². The Morgan fingerprint density at radius 2 is 0.684 bits per heavy atom. The average molecular weight is 843 g/mol. The van der Waals surface area contributed by atoms with Gasteiger partial charge in [-0.3, -0.25) is 0 Å². The minimum atomic E-state index is -2.01. The van der Waals surface area contributed by atoms with E-state index >= 15 is 0 Å². The Hall–Kier alpha value is -1.04. The summed E-state index contributed by atoms with van der Waals surface area (Å²) in [5.74, 6) is 0. The molecule has 0 aromatic carbocycles. The summed E-state index contributed by atoms with van der Waals surface area (Å²) < 4.78 is 55.6. The van der Waals surface area contributed by atoms with Gasteiger partial charge in [-0.25, -0.2) is 0 Å². The summed E-state index contributed by atoms with van der Waals surface area (Å²) in [6.45, 7) is -4.19. The van der Waals surface area contributed by atoms with Crippen molar-refractivity contribution >= 4 is 0 Å². The second-order valence-corrected chi connectivity index (χ2v) is 14.2. The highest BCUT2D eigenvalue weighted by Crippen LogP contribution is 2.35. The molecular formula is C31H54O26. The molecule has 0 spiro atoms. The molecule has 5 saturated heterocycles. The van der Waals surface area contributed by atoms with Gasteiger partial charge in [-0.05, 0) is 0 Å². The van der Waals surface area contributed by atoms with Gasteiger partial charge in [0.15, 0.2) is 31.5 Å². The van der Waals surface area contributed by atoms with E-state index in [0.717, 1.165) is 7.11 Å². The molecule has 0 bridgehead atoms. The summed E-state index contributed by atoms with van der Waals surface area (Å²) in [6, 6.07) is 0. The second kappa shape index (κ2) is 20.2. The number of hydrogen-bond donors (Lipinski definition) is 16. The van der Waals surface area contributed by atoms with Crippen LogP contribution in [0.1, 0.15) is 0 Å². The minimum absolute atomic E-state index is 0.759. The number of aliphatic hydroxyl groups is 16. The van der Waals surface area contributed by atoms with Crippen LogP contribution in [-0.4, -0.2) is 275 Å². The molecule has 0 aromatic heterocycles. The fraction of sp³-hybridized carbons (Fsp3) is 1.00. The van der Waals surface area contributed by atoms with E-state index in [1.807, 2.05) is 0 Å². The van der Waals surface area contributed by atoms with Crippen molar-refractivity contribution in [2.45, 2.75) is 154 Å². The number of aliphatic hydroxyl groups excluding tert-OH is 16. The maximum absolute atomic E-state index is 11.5. The quantitative estimate of drug-likeness (QED) is 0.0772. The van der Waals surface area contributed by atoms with Crippen molar-refractivity contribution in [3.8, 4) is 0 Å². The number of methoxy groups -OCH3 is 1. The molecule has 0 saturated carbocycles. The Morgan fingerprint density at radius 3 is 1.11 bits per heavy atom. The Balaban J connectivity index is 1.34. The van der Waals surface area contributed by atoms with Crippen molar-refractivity contribution in [2.75, 3.05) is 40.1 Å². The molecule has 5 aliphatic heterocycles. The van der Waals surface area contributed by atoms with Crippen molar-refractivity contribution in [3.05, 3.63) is 0 Å². The van der Waals surface area contributed by atoms with Crippen molar-refractivity contribution in [3.63, 3.8) is 0 Å². The Labute approximate surface area is 323 Å². The van der Waals surface area contributed by atoms with Crippen LogP contribution in [-0.2, 0) is 47.4 Å². The Morgan fingerprint density at radius 1 is 0.333 bits per heavy atom. The third kappa shape index (κ3) is 9.72. The summed E-state index contributed by atoms with van der Waals surface area (Å²) in [7, 11) is 1.10. The molecule has 26 heteroatoms. The Kier molecular flexibility index (Phi) is 16.7. The summed E-state index contributed by atoms with van der Waals surface area (Å²) in [5.41, 5.74) is 0. The number of ether oxygens (including phenoxy) is 10. The largest absolute Gasteiger partial charge is 0.394 e. The van der Waals surface area contributed by atoms with E-state index in [4.69, 9.17) is 47.4 Å². The molecule has 0 aromatic rings. The molecule has 0 radical (unpaired) electrons. The highest BCUT2D eigenvalue weighted by molar-refractivity contribution is 4.98. The van der Waals surface area contributed by atoms with E-state index in [-0.39, 0.29) is 0 Å². The minimum Gasteiger partial charge on any atom is -0.394 e. The van der Waals surface area contributed by atoms with Gasteiger partial charge in [0, 0.05) is 7.11 Å². The van der Waals surface area contributed by atoms with Crippen LogP contribution in [0.15, 0.2) is 0 Å². The smallest absolute Gasteiger partial charge is 0.187 e. The SMILES string of the molecule is CO[C@H]1O[C@H](CO[C@H]2O[C@H](CO)[C@@H](O)[C@H](O)[C@@H]2O[C@H]2O[C@H](CO)[C@@H](O)[C@H](O)[C@@H]2O)[C@@H](O)[C@H](O[C@H]2O[C@H](CO)[C@@H](O)[C@H](O)[C@@H]2O[C@H]2O[C@H](CO)[C@@H](O)[C@H](O)[C@@H]2O)[C@@H]1O. The van der Waals surface area contributed by atoms with Crippen molar-refractivity contribution in [2.24, 2.45) is 0 Å². The van der Waals surface area contributed by atoms with Gasteiger partial charge in [0.2, 0.25) is 0 Å². The predicted molar refractivity (Wildman–Crippen MR) is 171 cm³/mol. The molecule has 16 N–H and O–H groups in total. The zero-order valence-corrected chi connectivity index (χ0v) is 30.2. The molecule has 25 atom stereocenters. The summed E-state index contributed by atoms with van der Waals surface area (Å²) >= 11 is 0. The van der Waals surface area contributed by atoms with Crippen molar-refractivity contribution in [1.29, 1.82) is 0 Å². The molecule has 5 rings (SSSR count). The molecule has 5 aliphatic rings. The molecular weight excluding hydrogens is 788 g/mol. The standard InChI is InChI=1S/C31H54O26/c1-48-27-23(47)24(55-31-26(20(44)15(39)10(5-35)53-31)57-29-22(46)18(42)13(37)8(3-33)51-29)16(40)11(54-27)6-49-30-25(19(43)14(38)9(4-34)52-30)56-28-21(45)17(41)12(36)7(2-32)50-28/h7-47H,2-6H2,1H3/t7-,8-,9-,10-,11-,12-,13-,14-,15-,16-,17+,18+,19+,20+,21+,22+,23+,24+,25+,26+,27+,28-,29-,30+,31-/m1/s1. The first-order valence-electron chi connectivity index (χ1n) is 18.0. The zero-order valence-electron chi connectivity index (χ0n) is 30.2. The van der Waals surface area contributed by atoms with Gasteiger partial charge in [-0.1, -0.05) is 0 Å². The van der Waals surface area contributed by atoms with Gasteiger partial charge >= 0.3 is 0 Å². The molecule has 334 valence electrons. The lowest BCUT2D eigenvalue weighted by Gasteiger charge is -2.49. The third-order valence-electron chi connectivity index (χ3n) is 10.5. The van der Waals surface area contributed by atoms with Crippen molar-refractivity contribution in [1.82, 2.24) is 0 Å². The van der Waals surface area contributed by atoms with E-state index in [1.165, 1.54) is 0 Å². The first-order valence-corrected chi connectivity index (χ1v) is 18.0. The van der Waals surface area contributed by atoms with Gasteiger partial charge in [-0.2, -0.15) is 0 Å². The fourth-order valence-corrected chi connectivity index (χ4v) is 7.06. The van der Waals surface area contributed by atoms with Crippen LogP contribution in [0.3, 0.4) is 0 Å². The molecule has 57 heavy (non-hydrogen) atoms. The topological polar surface area (TPSA) is 416 Å². The first kappa shape index (κ1) is 47.0. The van der Waals surface area contributed by atoms with Gasteiger partial charge in [0.25, 0.3) is 0 Å². The molecule has 5 fully saturated rings. The van der Waals surface area contributed by atoms with E-state index in [2.05, 4.69) is 0 Å². The van der Waals surface area contributed by atoms with Crippen LogP contribution in [0.4, 0.5) is 0 Å². The molecule has 0 aliphatic carbocycles. The lowest BCUT2D eigenvalue weighted by Crippen LogP contribution is -2.67. The predicted octanol–water partition coefficient (Wildman–Crippen LogP) is -11.3. The monoisotopic (exact) mass is 842 g/mol. The second-order valence-electron chi connectivity index (χ2n) is 14.2.